The Bertz CT molecular complexity index is 1320. The van der Waals surface area contributed by atoms with Gasteiger partial charge in [-0.1, -0.05) is 68.4 Å². The smallest absolute Gasteiger partial charge is 0.243 e. The number of aromatic amines is 1. The van der Waals surface area contributed by atoms with Crippen molar-refractivity contribution >= 4 is 27.2 Å². The molecule has 1 heterocycles. The Kier molecular flexibility index (Phi) is 5.76. The van der Waals surface area contributed by atoms with Crippen molar-refractivity contribution in [2.45, 2.75) is 18.7 Å². The number of aldehydes is 1. The average Bonchev–Trinajstić information content (AvgIpc) is 3.18. The number of nitrogens with one attached hydrogen (secondary N) is 1. The minimum absolute atomic E-state index is 0.191. The molecular formula is C25H24N2O3S. The van der Waals surface area contributed by atoms with Crippen LogP contribution in [0.5, 0.6) is 0 Å². The van der Waals surface area contributed by atoms with Crippen LogP contribution < -0.4 is 0 Å². The SMILES string of the molecule is CCN(CC)S(=O)(=O)c1ccc2[nH]c(-c3ccc(-c4ccccc4)cc3)c(C=O)c2c1. The monoisotopic (exact) mass is 432 g/mol. The van der Waals surface area contributed by atoms with E-state index in [-0.39, 0.29) is 4.90 Å². The summed E-state index contributed by atoms with van der Waals surface area (Å²) in [5, 5.41) is 0.602. The molecule has 1 aromatic heterocycles. The highest BCUT2D eigenvalue weighted by Gasteiger charge is 2.23. The van der Waals surface area contributed by atoms with Crippen LogP contribution in [0.25, 0.3) is 33.3 Å². The molecule has 0 unspecified atom stereocenters. The van der Waals surface area contributed by atoms with Crippen LogP contribution in [-0.4, -0.2) is 37.1 Å². The van der Waals surface area contributed by atoms with E-state index in [0.29, 0.717) is 29.7 Å². The zero-order chi connectivity index (χ0) is 22.0. The molecule has 0 aliphatic carbocycles. The number of sulfonamides is 1. The van der Waals surface area contributed by atoms with Crippen molar-refractivity contribution in [2.24, 2.45) is 0 Å². The van der Waals surface area contributed by atoms with Gasteiger partial charge < -0.3 is 4.98 Å². The summed E-state index contributed by atoms with van der Waals surface area (Å²) in [6, 6.07) is 22.9. The van der Waals surface area contributed by atoms with E-state index in [1.807, 2.05) is 68.4 Å². The predicted molar refractivity (Wildman–Crippen MR) is 125 cm³/mol. The highest BCUT2D eigenvalue weighted by atomic mass is 32.2. The third-order valence-electron chi connectivity index (χ3n) is 5.55. The molecule has 0 saturated heterocycles. The first-order chi connectivity index (χ1) is 15.0. The highest BCUT2D eigenvalue weighted by molar-refractivity contribution is 7.89. The highest BCUT2D eigenvalue weighted by Crippen LogP contribution is 2.32. The predicted octanol–water partition coefficient (Wildman–Crippen LogP) is 5.34. The summed E-state index contributed by atoms with van der Waals surface area (Å²) < 4.78 is 27.2. The summed E-state index contributed by atoms with van der Waals surface area (Å²) >= 11 is 0. The van der Waals surface area contributed by atoms with E-state index < -0.39 is 10.0 Å². The molecule has 5 nitrogen and oxygen atoms in total. The molecule has 0 bridgehead atoms. The molecule has 3 aromatic carbocycles. The number of fused-ring (bicyclic) bond motifs is 1. The van der Waals surface area contributed by atoms with Gasteiger partial charge in [-0.25, -0.2) is 8.42 Å². The molecule has 0 aliphatic heterocycles. The Morgan fingerprint density at radius 3 is 2.06 bits per heavy atom. The van der Waals surface area contributed by atoms with Crippen LogP contribution in [0.3, 0.4) is 0 Å². The van der Waals surface area contributed by atoms with E-state index in [1.165, 1.54) is 4.31 Å². The molecule has 0 amide bonds. The molecule has 4 aromatic rings. The Morgan fingerprint density at radius 1 is 0.839 bits per heavy atom. The Morgan fingerprint density at radius 2 is 1.45 bits per heavy atom. The number of carbonyl (C=O) groups excluding carboxylic acids is 1. The lowest BCUT2D eigenvalue weighted by molar-refractivity contribution is 0.112. The second-order valence-electron chi connectivity index (χ2n) is 7.27. The molecule has 31 heavy (non-hydrogen) atoms. The lowest BCUT2D eigenvalue weighted by Crippen LogP contribution is -2.30. The van der Waals surface area contributed by atoms with E-state index >= 15 is 0 Å². The molecule has 0 spiro atoms. The first kappa shape index (κ1) is 21.0. The fourth-order valence-electron chi connectivity index (χ4n) is 3.87. The van der Waals surface area contributed by atoms with Crippen LogP contribution in [0.2, 0.25) is 0 Å². The summed E-state index contributed by atoms with van der Waals surface area (Å²) in [4.78, 5) is 15.5. The number of hydrogen-bond donors (Lipinski definition) is 1. The maximum absolute atomic E-state index is 12.9. The van der Waals surface area contributed by atoms with Gasteiger partial charge >= 0.3 is 0 Å². The number of carbonyl (C=O) groups is 1. The summed E-state index contributed by atoms with van der Waals surface area (Å²) in [5.74, 6) is 0. The first-order valence-electron chi connectivity index (χ1n) is 10.3. The number of benzene rings is 3. The van der Waals surface area contributed by atoms with Crippen molar-refractivity contribution in [3.05, 3.63) is 78.4 Å². The van der Waals surface area contributed by atoms with E-state index in [2.05, 4.69) is 4.98 Å². The van der Waals surface area contributed by atoms with Gasteiger partial charge in [0.25, 0.3) is 0 Å². The molecule has 158 valence electrons. The Balaban J connectivity index is 1.79. The second kappa shape index (κ2) is 8.49. The summed E-state index contributed by atoms with van der Waals surface area (Å²) in [6.07, 6.45) is 0.785. The summed E-state index contributed by atoms with van der Waals surface area (Å²) in [7, 11) is -3.61. The van der Waals surface area contributed by atoms with Crippen molar-refractivity contribution in [2.75, 3.05) is 13.1 Å². The van der Waals surface area contributed by atoms with Crippen molar-refractivity contribution in [3.63, 3.8) is 0 Å². The largest absolute Gasteiger partial charge is 0.354 e. The molecule has 4 rings (SSSR count). The quantitative estimate of drug-likeness (QED) is 0.401. The van der Waals surface area contributed by atoms with Gasteiger partial charge in [-0.2, -0.15) is 4.31 Å². The third kappa shape index (κ3) is 3.80. The van der Waals surface area contributed by atoms with Gasteiger partial charge in [0.15, 0.2) is 6.29 Å². The number of rotatable bonds is 7. The minimum atomic E-state index is -3.61. The zero-order valence-electron chi connectivity index (χ0n) is 17.5. The fraction of sp³-hybridized carbons (Fsp3) is 0.160. The summed E-state index contributed by atoms with van der Waals surface area (Å²) in [6.45, 7) is 4.40. The number of H-pyrrole nitrogens is 1. The Hall–Kier alpha value is -3.22. The van der Waals surface area contributed by atoms with Gasteiger partial charge in [0.05, 0.1) is 10.6 Å². The lowest BCUT2D eigenvalue weighted by atomic mass is 10.0. The summed E-state index contributed by atoms with van der Waals surface area (Å²) in [5.41, 5.74) is 4.93. The number of aromatic nitrogens is 1. The van der Waals surface area contributed by atoms with Gasteiger partial charge in [0, 0.05) is 29.6 Å². The molecule has 0 fully saturated rings. The topological polar surface area (TPSA) is 70.2 Å². The normalized spacial score (nSPS) is 11.8. The van der Waals surface area contributed by atoms with Crippen LogP contribution in [0.4, 0.5) is 0 Å². The average molecular weight is 433 g/mol. The molecule has 0 radical (unpaired) electrons. The molecular weight excluding hydrogens is 408 g/mol. The van der Waals surface area contributed by atoms with Crippen LogP contribution >= 0.6 is 0 Å². The maximum atomic E-state index is 12.9. The second-order valence-corrected chi connectivity index (χ2v) is 9.21. The fourth-order valence-corrected chi connectivity index (χ4v) is 5.36. The maximum Gasteiger partial charge on any atom is 0.243 e. The van der Waals surface area contributed by atoms with Gasteiger partial charge in [-0.15, -0.1) is 0 Å². The van der Waals surface area contributed by atoms with Crippen LogP contribution in [-0.2, 0) is 10.0 Å². The van der Waals surface area contributed by atoms with Gasteiger partial charge in [-0.3, -0.25) is 4.79 Å². The van der Waals surface area contributed by atoms with Crippen molar-refractivity contribution in [3.8, 4) is 22.4 Å². The van der Waals surface area contributed by atoms with Crippen LogP contribution in [0, 0.1) is 0 Å². The number of hydrogen-bond acceptors (Lipinski definition) is 3. The zero-order valence-corrected chi connectivity index (χ0v) is 18.3. The van der Waals surface area contributed by atoms with E-state index in [1.54, 1.807) is 18.2 Å². The molecule has 0 saturated carbocycles. The third-order valence-corrected chi connectivity index (χ3v) is 7.60. The van der Waals surface area contributed by atoms with E-state index in [0.717, 1.165) is 28.5 Å². The van der Waals surface area contributed by atoms with Crippen molar-refractivity contribution < 1.29 is 13.2 Å². The van der Waals surface area contributed by atoms with Gasteiger partial charge in [0.2, 0.25) is 10.0 Å². The van der Waals surface area contributed by atoms with E-state index in [4.69, 9.17) is 0 Å². The van der Waals surface area contributed by atoms with Crippen molar-refractivity contribution in [1.29, 1.82) is 0 Å². The molecule has 1 N–H and O–H groups in total. The van der Waals surface area contributed by atoms with Crippen LogP contribution in [0.15, 0.2) is 77.7 Å². The molecule has 6 heteroatoms. The molecule has 0 atom stereocenters. The minimum Gasteiger partial charge on any atom is -0.354 e. The first-order valence-corrected chi connectivity index (χ1v) is 11.7. The van der Waals surface area contributed by atoms with Gasteiger partial charge in [0.1, 0.15) is 0 Å². The number of nitrogens with zero attached hydrogens (tertiary/aromatic N) is 1. The van der Waals surface area contributed by atoms with Crippen LogP contribution in [0.1, 0.15) is 24.2 Å². The molecule has 0 aliphatic rings. The van der Waals surface area contributed by atoms with Gasteiger partial charge in [-0.05, 0) is 34.9 Å². The van der Waals surface area contributed by atoms with Crippen molar-refractivity contribution in [1.82, 2.24) is 9.29 Å². The lowest BCUT2D eigenvalue weighted by Gasteiger charge is -2.18. The standard InChI is InChI=1S/C25H24N2O3S/c1-3-27(4-2)31(29,30)21-14-15-24-22(16-21)23(17-28)25(26-24)20-12-10-19(11-13-20)18-8-6-5-7-9-18/h5-17,26H,3-4H2,1-2H3. The van der Waals surface area contributed by atoms with E-state index in [9.17, 15) is 13.2 Å². The Labute approximate surface area is 182 Å².